The van der Waals surface area contributed by atoms with Crippen molar-refractivity contribution in [3.8, 4) is 0 Å². The fourth-order valence-corrected chi connectivity index (χ4v) is 4.00. The SMILES string of the molecule is CC(C)N1CCC(C(=O)N2CCCC(Nc3ccc(F)cc3)C2)CC1. The van der Waals surface area contributed by atoms with E-state index in [2.05, 4.69) is 24.1 Å². The van der Waals surface area contributed by atoms with E-state index in [1.807, 2.05) is 4.90 Å². The Labute approximate surface area is 150 Å². The fourth-order valence-electron chi connectivity index (χ4n) is 4.00. The molecule has 1 amide bonds. The van der Waals surface area contributed by atoms with Gasteiger partial charge in [0.05, 0.1) is 0 Å². The van der Waals surface area contributed by atoms with E-state index in [1.54, 1.807) is 12.1 Å². The van der Waals surface area contributed by atoms with Crippen LogP contribution < -0.4 is 5.32 Å². The number of anilines is 1. The lowest BCUT2D eigenvalue weighted by molar-refractivity contribution is -0.138. The summed E-state index contributed by atoms with van der Waals surface area (Å²) in [6, 6.07) is 7.28. The average molecular weight is 347 g/mol. The molecule has 0 saturated carbocycles. The Hall–Kier alpha value is -1.62. The maximum Gasteiger partial charge on any atom is 0.225 e. The van der Waals surface area contributed by atoms with Crippen molar-refractivity contribution in [2.75, 3.05) is 31.5 Å². The molecule has 25 heavy (non-hydrogen) atoms. The van der Waals surface area contributed by atoms with E-state index in [1.165, 1.54) is 12.1 Å². The number of carbonyl (C=O) groups excluding carboxylic acids is 1. The highest BCUT2D eigenvalue weighted by Gasteiger charge is 2.31. The number of hydrogen-bond donors (Lipinski definition) is 1. The molecule has 1 aromatic rings. The van der Waals surface area contributed by atoms with E-state index in [9.17, 15) is 9.18 Å². The highest BCUT2D eigenvalue weighted by atomic mass is 19.1. The minimum Gasteiger partial charge on any atom is -0.381 e. The molecule has 138 valence electrons. The van der Waals surface area contributed by atoms with Crippen LogP contribution in [0.5, 0.6) is 0 Å². The average Bonchev–Trinajstić information content (AvgIpc) is 2.63. The standard InChI is InChI=1S/C20H30FN3O/c1-15(2)23-12-9-16(10-13-23)20(25)24-11-3-4-19(14-24)22-18-7-5-17(21)6-8-18/h5-8,15-16,19,22H,3-4,9-14H2,1-2H3. The number of halogens is 1. The Morgan fingerprint density at radius 1 is 1.12 bits per heavy atom. The van der Waals surface area contributed by atoms with Gasteiger partial charge in [0.2, 0.25) is 5.91 Å². The first kappa shape index (κ1) is 18.2. The van der Waals surface area contributed by atoms with Gasteiger partial charge in [0.15, 0.2) is 0 Å². The van der Waals surface area contributed by atoms with Crippen molar-refractivity contribution in [1.29, 1.82) is 0 Å². The molecule has 3 rings (SSSR count). The van der Waals surface area contributed by atoms with Crippen LogP contribution in [0.25, 0.3) is 0 Å². The van der Waals surface area contributed by atoms with Crippen LogP contribution in [0, 0.1) is 11.7 Å². The van der Waals surface area contributed by atoms with Crippen molar-refractivity contribution in [3.05, 3.63) is 30.1 Å². The first-order chi connectivity index (χ1) is 12.0. The Morgan fingerprint density at radius 2 is 1.80 bits per heavy atom. The Kier molecular flexibility index (Phi) is 5.94. The molecule has 2 saturated heterocycles. The van der Waals surface area contributed by atoms with Gasteiger partial charge in [-0.3, -0.25) is 4.79 Å². The maximum absolute atomic E-state index is 13.0. The molecule has 1 atom stereocenters. The van der Waals surface area contributed by atoms with E-state index in [4.69, 9.17) is 0 Å². The molecule has 5 heteroatoms. The predicted molar refractivity (Wildman–Crippen MR) is 99.1 cm³/mol. The molecule has 0 radical (unpaired) electrons. The number of nitrogens with one attached hydrogen (secondary N) is 1. The molecule has 4 nitrogen and oxygen atoms in total. The van der Waals surface area contributed by atoms with E-state index < -0.39 is 0 Å². The summed E-state index contributed by atoms with van der Waals surface area (Å²) in [5, 5.41) is 3.45. The summed E-state index contributed by atoms with van der Waals surface area (Å²) in [5.74, 6) is 0.285. The maximum atomic E-state index is 13.0. The van der Waals surface area contributed by atoms with Crippen LogP contribution in [-0.2, 0) is 4.79 Å². The summed E-state index contributed by atoms with van der Waals surface area (Å²) < 4.78 is 13.0. The molecule has 1 N–H and O–H groups in total. The molecule has 2 aliphatic rings. The molecule has 2 fully saturated rings. The van der Waals surface area contributed by atoms with Crippen LogP contribution >= 0.6 is 0 Å². The van der Waals surface area contributed by atoms with Gasteiger partial charge in [-0.15, -0.1) is 0 Å². The number of amides is 1. The van der Waals surface area contributed by atoms with Gasteiger partial charge in [-0.1, -0.05) is 0 Å². The van der Waals surface area contributed by atoms with Gasteiger partial charge in [-0.05, 0) is 76.9 Å². The third kappa shape index (κ3) is 4.72. The second-order valence-corrected chi connectivity index (χ2v) is 7.68. The molecule has 2 aliphatic heterocycles. The van der Waals surface area contributed by atoms with Gasteiger partial charge < -0.3 is 15.1 Å². The molecule has 0 aliphatic carbocycles. The molecule has 2 heterocycles. The minimum atomic E-state index is -0.223. The van der Waals surface area contributed by atoms with Crippen LogP contribution in [0.15, 0.2) is 24.3 Å². The van der Waals surface area contributed by atoms with Gasteiger partial charge in [0, 0.05) is 36.8 Å². The topological polar surface area (TPSA) is 35.6 Å². The lowest BCUT2D eigenvalue weighted by Crippen LogP contribution is -2.49. The second kappa shape index (κ2) is 8.17. The van der Waals surface area contributed by atoms with Crippen LogP contribution in [-0.4, -0.2) is 54.0 Å². The summed E-state index contributed by atoms with van der Waals surface area (Å²) >= 11 is 0. The third-order valence-corrected chi connectivity index (χ3v) is 5.56. The number of carbonyl (C=O) groups is 1. The molecule has 1 unspecified atom stereocenters. The predicted octanol–water partition coefficient (Wildman–Crippen LogP) is 3.35. The Balaban J connectivity index is 1.52. The normalized spacial score (nSPS) is 23.0. The van der Waals surface area contributed by atoms with Crippen LogP contribution in [0.3, 0.4) is 0 Å². The summed E-state index contributed by atoms with van der Waals surface area (Å²) in [5.41, 5.74) is 0.922. The number of nitrogens with zero attached hydrogens (tertiary/aromatic N) is 2. The fraction of sp³-hybridized carbons (Fsp3) is 0.650. The van der Waals surface area contributed by atoms with Crippen molar-refractivity contribution in [2.45, 2.75) is 51.6 Å². The second-order valence-electron chi connectivity index (χ2n) is 7.68. The summed E-state index contributed by atoms with van der Waals surface area (Å²) in [6.07, 6.45) is 4.02. The zero-order valence-electron chi connectivity index (χ0n) is 15.4. The quantitative estimate of drug-likeness (QED) is 0.907. The van der Waals surface area contributed by atoms with Gasteiger partial charge >= 0.3 is 0 Å². The van der Waals surface area contributed by atoms with Crippen LogP contribution in [0.4, 0.5) is 10.1 Å². The van der Waals surface area contributed by atoms with Crippen molar-refractivity contribution in [3.63, 3.8) is 0 Å². The molecule has 0 spiro atoms. The van der Waals surface area contributed by atoms with Crippen molar-refractivity contribution < 1.29 is 9.18 Å². The number of likely N-dealkylation sites (tertiary alicyclic amines) is 2. The lowest BCUT2D eigenvalue weighted by atomic mass is 9.93. The Morgan fingerprint density at radius 3 is 2.44 bits per heavy atom. The zero-order chi connectivity index (χ0) is 17.8. The third-order valence-electron chi connectivity index (χ3n) is 5.56. The molecule has 0 aromatic heterocycles. The van der Waals surface area contributed by atoms with Crippen molar-refractivity contribution in [2.24, 2.45) is 5.92 Å². The Bertz CT molecular complexity index is 567. The van der Waals surface area contributed by atoms with Crippen LogP contribution in [0.2, 0.25) is 0 Å². The highest BCUT2D eigenvalue weighted by molar-refractivity contribution is 5.79. The highest BCUT2D eigenvalue weighted by Crippen LogP contribution is 2.24. The number of piperidine rings is 2. The smallest absolute Gasteiger partial charge is 0.225 e. The first-order valence-electron chi connectivity index (χ1n) is 9.58. The number of benzene rings is 1. The summed E-state index contributed by atoms with van der Waals surface area (Å²) in [7, 11) is 0. The summed E-state index contributed by atoms with van der Waals surface area (Å²) in [4.78, 5) is 17.4. The van der Waals surface area contributed by atoms with Gasteiger partial charge in [0.1, 0.15) is 5.82 Å². The van der Waals surface area contributed by atoms with E-state index in [0.717, 1.165) is 57.5 Å². The van der Waals surface area contributed by atoms with Gasteiger partial charge in [-0.2, -0.15) is 0 Å². The van der Waals surface area contributed by atoms with Gasteiger partial charge in [0.25, 0.3) is 0 Å². The van der Waals surface area contributed by atoms with Gasteiger partial charge in [-0.25, -0.2) is 4.39 Å². The van der Waals surface area contributed by atoms with E-state index in [0.29, 0.717) is 11.9 Å². The molecular weight excluding hydrogens is 317 g/mol. The monoisotopic (exact) mass is 347 g/mol. The minimum absolute atomic E-state index is 0.180. The lowest BCUT2D eigenvalue weighted by Gasteiger charge is -2.39. The zero-order valence-corrected chi connectivity index (χ0v) is 15.4. The van der Waals surface area contributed by atoms with Crippen molar-refractivity contribution in [1.82, 2.24) is 9.80 Å². The number of rotatable bonds is 4. The molecule has 1 aromatic carbocycles. The van der Waals surface area contributed by atoms with E-state index in [-0.39, 0.29) is 17.8 Å². The van der Waals surface area contributed by atoms with Crippen LogP contribution in [0.1, 0.15) is 39.5 Å². The molecular formula is C20H30FN3O. The first-order valence-corrected chi connectivity index (χ1v) is 9.58. The number of hydrogen-bond acceptors (Lipinski definition) is 3. The summed E-state index contributed by atoms with van der Waals surface area (Å²) in [6.45, 7) is 8.11. The molecule has 0 bridgehead atoms. The largest absolute Gasteiger partial charge is 0.381 e. The van der Waals surface area contributed by atoms with Crippen molar-refractivity contribution >= 4 is 11.6 Å². The van der Waals surface area contributed by atoms with E-state index >= 15 is 0 Å².